The van der Waals surface area contributed by atoms with Gasteiger partial charge in [0.05, 0.1) is 20.9 Å². The second-order valence-electron chi connectivity index (χ2n) is 5.23. The molecule has 0 radical (unpaired) electrons. The van der Waals surface area contributed by atoms with E-state index in [0.717, 1.165) is 52.8 Å². The Bertz CT molecular complexity index is 582. The van der Waals surface area contributed by atoms with E-state index in [1.165, 1.54) is 0 Å². The van der Waals surface area contributed by atoms with E-state index in [9.17, 15) is 4.39 Å². The molecule has 4 nitrogen and oxygen atoms in total. The summed E-state index contributed by atoms with van der Waals surface area (Å²) in [6.45, 7) is 1.51. The van der Waals surface area contributed by atoms with Crippen LogP contribution in [0.2, 0.25) is 0 Å². The van der Waals surface area contributed by atoms with Gasteiger partial charge in [0.2, 0.25) is 0 Å². The lowest BCUT2D eigenvalue weighted by atomic mass is 9.99. The van der Waals surface area contributed by atoms with Crippen LogP contribution in [-0.2, 0) is 0 Å². The number of anilines is 1. The summed E-state index contributed by atoms with van der Waals surface area (Å²) in [6, 6.07) is 3.78. The van der Waals surface area contributed by atoms with Gasteiger partial charge in [-0.15, -0.1) is 0 Å². The number of methoxy groups -OCH3 is 2. The van der Waals surface area contributed by atoms with Gasteiger partial charge in [-0.1, -0.05) is 11.3 Å². The van der Waals surface area contributed by atoms with Gasteiger partial charge >= 0.3 is 0 Å². The molecule has 0 spiro atoms. The quantitative estimate of drug-likeness (QED) is 0.865. The molecule has 0 unspecified atom stereocenters. The van der Waals surface area contributed by atoms with Crippen LogP contribution in [0, 0.1) is 5.92 Å². The van der Waals surface area contributed by atoms with Crippen LogP contribution in [0.1, 0.15) is 12.8 Å². The molecule has 0 saturated carbocycles. The molecule has 0 amide bonds. The highest BCUT2D eigenvalue weighted by molar-refractivity contribution is 7.22. The third kappa shape index (κ3) is 2.64. The van der Waals surface area contributed by atoms with Gasteiger partial charge in [0.1, 0.15) is 21.7 Å². The van der Waals surface area contributed by atoms with E-state index >= 15 is 0 Å². The molecule has 0 N–H and O–H groups in total. The van der Waals surface area contributed by atoms with Crippen molar-refractivity contribution in [2.24, 2.45) is 5.92 Å². The SMILES string of the molecule is COc1ccc(OC)c2sc(N3CCC(CF)CC3)nc12. The zero-order valence-corrected chi connectivity index (χ0v) is 13.1. The van der Waals surface area contributed by atoms with E-state index in [1.807, 2.05) is 12.1 Å². The number of benzene rings is 1. The van der Waals surface area contributed by atoms with E-state index in [2.05, 4.69) is 4.90 Å². The minimum atomic E-state index is -0.213. The first-order valence-electron chi connectivity index (χ1n) is 7.09. The summed E-state index contributed by atoms with van der Waals surface area (Å²) in [5.41, 5.74) is 0.837. The van der Waals surface area contributed by atoms with Crippen LogP contribution in [0.15, 0.2) is 12.1 Å². The molecule has 0 aliphatic carbocycles. The molecule has 114 valence electrons. The van der Waals surface area contributed by atoms with Crippen molar-refractivity contribution in [2.75, 3.05) is 38.9 Å². The molecule has 1 fully saturated rings. The van der Waals surface area contributed by atoms with Crippen LogP contribution in [0.4, 0.5) is 9.52 Å². The Labute approximate surface area is 127 Å². The molecule has 0 bridgehead atoms. The number of hydrogen-bond acceptors (Lipinski definition) is 5. The van der Waals surface area contributed by atoms with E-state index in [-0.39, 0.29) is 12.6 Å². The van der Waals surface area contributed by atoms with Crippen molar-refractivity contribution in [3.63, 3.8) is 0 Å². The highest BCUT2D eigenvalue weighted by atomic mass is 32.1. The Morgan fingerprint density at radius 2 is 1.90 bits per heavy atom. The monoisotopic (exact) mass is 310 g/mol. The van der Waals surface area contributed by atoms with Crippen LogP contribution < -0.4 is 14.4 Å². The number of nitrogens with zero attached hydrogens (tertiary/aromatic N) is 2. The molecule has 0 atom stereocenters. The average molecular weight is 310 g/mol. The Morgan fingerprint density at radius 1 is 1.24 bits per heavy atom. The molecule has 21 heavy (non-hydrogen) atoms. The van der Waals surface area contributed by atoms with Crippen molar-refractivity contribution in [1.82, 2.24) is 4.98 Å². The minimum absolute atomic E-state index is 0.208. The lowest BCUT2D eigenvalue weighted by Gasteiger charge is -2.30. The molecule has 1 aromatic carbocycles. The maximum atomic E-state index is 12.7. The number of thiazole rings is 1. The predicted molar refractivity (Wildman–Crippen MR) is 83.6 cm³/mol. The maximum Gasteiger partial charge on any atom is 0.186 e. The fourth-order valence-electron chi connectivity index (χ4n) is 2.69. The van der Waals surface area contributed by atoms with Crippen molar-refractivity contribution < 1.29 is 13.9 Å². The van der Waals surface area contributed by atoms with Gasteiger partial charge in [-0.25, -0.2) is 4.98 Å². The lowest BCUT2D eigenvalue weighted by Crippen LogP contribution is -2.34. The molecular weight excluding hydrogens is 291 g/mol. The summed E-state index contributed by atoms with van der Waals surface area (Å²) in [5, 5.41) is 0.963. The molecule has 3 rings (SSSR count). The zero-order valence-electron chi connectivity index (χ0n) is 12.3. The number of piperidine rings is 1. The summed E-state index contributed by atoms with van der Waals surface area (Å²) in [7, 11) is 3.31. The number of aromatic nitrogens is 1. The average Bonchev–Trinajstić information content (AvgIpc) is 2.99. The molecule has 2 heterocycles. The number of hydrogen-bond donors (Lipinski definition) is 0. The molecule has 1 aliphatic heterocycles. The van der Waals surface area contributed by atoms with Crippen molar-refractivity contribution in [1.29, 1.82) is 0 Å². The van der Waals surface area contributed by atoms with Gasteiger partial charge in [0.15, 0.2) is 5.13 Å². The summed E-state index contributed by atoms with van der Waals surface area (Å²) in [5.74, 6) is 1.78. The standard InChI is InChI=1S/C15H19FN2O2S/c1-19-11-3-4-12(20-2)14-13(11)17-15(21-14)18-7-5-10(9-16)6-8-18/h3-4,10H,5-9H2,1-2H3. The van der Waals surface area contributed by atoms with Crippen LogP contribution in [0.5, 0.6) is 11.5 Å². The normalized spacial score (nSPS) is 16.4. The first kappa shape index (κ1) is 14.4. The van der Waals surface area contributed by atoms with E-state index in [0.29, 0.717) is 0 Å². The summed E-state index contributed by atoms with van der Waals surface area (Å²) in [6.07, 6.45) is 1.78. The zero-order chi connectivity index (χ0) is 14.8. The first-order chi connectivity index (χ1) is 10.3. The Balaban J connectivity index is 1.93. The number of halogens is 1. The van der Waals surface area contributed by atoms with Gasteiger partial charge in [-0.2, -0.15) is 0 Å². The Morgan fingerprint density at radius 3 is 2.52 bits per heavy atom. The lowest BCUT2D eigenvalue weighted by molar-refractivity contribution is 0.307. The van der Waals surface area contributed by atoms with Gasteiger partial charge in [0.25, 0.3) is 0 Å². The summed E-state index contributed by atoms with van der Waals surface area (Å²) >= 11 is 1.61. The van der Waals surface area contributed by atoms with E-state index < -0.39 is 0 Å². The van der Waals surface area contributed by atoms with Crippen LogP contribution in [-0.4, -0.2) is 39.0 Å². The highest BCUT2D eigenvalue weighted by Gasteiger charge is 2.23. The van der Waals surface area contributed by atoms with Gasteiger partial charge in [-0.05, 0) is 30.9 Å². The first-order valence-corrected chi connectivity index (χ1v) is 7.91. The molecule has 1 aromatic heterocycles. The topological polar surface area (TPSA) is 34.6 Å². The Hall–Kier alpha value is -1.56. The summed E-state index contributed by atoms with van der Waals surface area (Å²) in [4.78, 5) is 6.94. The van der Waals surface area contributed by atoms with Crippen molar-refractivity contribution >= 4 is 26.7 Å². The Kier molecular flexibility index (Phi) is 4.14. The molecule has 1 aliphatic rings. The second kappa shape index (κ2) is 6.05. The van der Waals surface area contributed by atoms with E-state index in [1.54, 1.807) is 25.6 Å². The van der Waals surface area contributed by atoms with Crippen molar-refractivity contribution in [3.8, 4) is 11.5 Å². The molecule has 1 saturated heterocycles. The van der Waals surface area contributed by atoms with Crippen LogP contribution >= 0.6 is 11.3 Å². The highest BCUT2D eigenvalue weighted by Crippen LogP contribution is 2.40. The molecular formula is C15H19FN2O2S. The fraction of sp³-hybridized carbons (Fsp3) is 0.533. The third-order valence-corrected chi connectivity index (χ3v) is 5.13. The van der Waals surface area contributed by atoms with Crippen LogP contribution in [0.25, 0.3) is 10.2 Å². The van der Waals surface area contributed by atoms with Gasteiger partial charge in [0, 0.05) is 13.1 Å². The second-order valence-corrected chi connectivity index (χ2v) is 6.21. The largest absolute Gasteiger partial charge is 0.495 e. The third-order valence-electron chi connectivity index (χ3n) is 4.00. The van der Waals surface area contributed by atoms with E-state index in [4.69, 9.17) is 14.5 Å². The molecule has 6 heteroatoms. The van der Waals surface area contributed by atoms with Crippen molar-refractivity contribution in [3.05, 3.63) is 12.1 Å². The number of ether oxygens (including phenoxy) is 2. The fourth-order valence-corrected chi connectivity index (χ4v) is 3.81. The summed E-state index contributed by atoms with van der Waals surface area (Å²) < 4.78 is 24.5. The number of alkyl halides is 1. The smallest absolute Gasteiger partial charge is 0.186 e. The molecule has 2 aromatic rings. The van der Waals surface area contributed by atoms with Gasteiger partial charge < -0.3 is 14.4 Å². The number of rotatable bonds is 4. The number of fused-ring (bicyclic) bond motifs is 1. The predicted octanol–water partition coefficient (Wildman–Crippen LogP) is 3.50. The van der Waals surface area contributed by atoms with Crippen molar-refractivity contribution in [2.45, 2.75) is 12.8 Å². The maximum absolute atomic E-state index is 12.7. The van der Waals surface area contributed by atoms with Crippen LogP contribution in [0.3, 0.4) is 0 Å². The minimum Gasteiger partial charge on any atom is -0.495 e. The van der Waals surface area contributed by atoms with Gasteiger partial charge in [-0.3, -0.25) is 4.39 Å².